The first-order chi connectivity index (χ1) is 37.5. The second-order valence-corrected chi connectivity index (χ2v) is 26.3. The molecule has 9 heteroatoms. The van der Waals surface area contributed by atoms with Crippen LogP contribution in [0.15, 0.2) is 24.3 Å². The molecular weight excluding hydrogens is 972 g/mol. The molecule has 0 aliphatic carbocycles. The predicted molar refractivity (Wildman–Crippen MR) is 335 cm³/mol. The Kier molecular flexibility index (Phi) is 58.8. The normalized spacial score (nSPS) is 13.8. The average Bonchev–Trinajstić information content (AvgIpc) is 3.39. The summed E-state index contributed by atoms with van der Waals surface area (Å²) < 4.78 is 23.4. The van der Waals surface area contributed by atoms with Gasteiger partial charge in [-0.15, -0.1) is 0 Å². The van der Waals surface area contributed by atoms with Crippen LogP contribution in [0, 0.1) is 0 Å². The van der Waals surface area contributed by atoms with Gasteiger partial charge in [-0.25, -0.2) is 0 Å². The summed E-state index contributed by atoms with van der Waals surface area (Å²) in [6.07, 6.45) is 77.4. The Morgan fingerprint density at radius 2 is 0.727 bits per heavy atom. The molecule has 0 bridgehead atoms. The van der Waals surface area contributed by atoms with Crippen LogP contribution in [-0.4, -0.2) is 68.5 Å². The van der Waals surface area contributed by atoms with E-state index in [4.69, 9.17) is 9.05 Å². The molecule has 77 heavy (non-hydrogen) atoms. The molecule has 2 N–H and O–H groups in total. The van der Waals surface area contributed by atoms with Crippen molar-refractivity contribution in [3.8, 4) is 0 Å². The van der Waals surface area contributed by atoms with E-state index >= 15 is 0 Å². The number of likely N-dealkylation sites (N-methyl/N-ethyl adjacent to an activating group) is 1. The number of phosphoric acid groups is 1. The predicted octanol–water partition coefficient (Wildman–Crippen LogP) is 20.9. The summed E-state index contributed by atoms with van der Waals surface area (Å²) in [7, 11) is 1.26. The van der Waals surface area contributed by atoms with Crippen molar-refractivity contribution in [2.75, 3.05) is 40.9 Å². The zero-order valence-electron chi connectivity index (χ0n) is 52.4. The van der Waals surface area contributed by atoms with Crippen molar-refractivity contribution in [2.45, 2.75) is 366 Å². The Hall–Kier alpha value is -1.02. The van der Waals surface area contributed by atoms with Gasteiger partial charge in [-0.2, -0.15) is 0 Å². The molecule has 0 heterocycles. The van der Waals surface area contributed by atoms with Gasteiger partial charge in [-0.1, -0.05) is 340 Å². The number of rotatable bonds is 64. The number of quaternary nitrogens is 1. The number of carbonyl (C=O) groups excluding carboxylic acids is 1. The largest absolute Gasteiger partial charge is 0.756 e. The number of hydrogen-bond donors (Lipinski definition) is 2. The first kappa shape index (κ1) is 76.0. The van der Waals surface area contributed by atoms with E-state index in [1.807, 2.05) is 27.2 Å². The first-order valence-electron chi connectivity index (χ1n) is 34.2. The Balaban J connectivity index is 4.03. The minimum atomic E-state index is -4.61. The van der Waals surface area contributed by atoms with Crippen molar-refractivity contribution in [3.05, 3.63) is 24.3 Å². The monoisotopic (exact) mass is 1110 g/mol. The maximum Gasteiger partial charge on any atom is 0.268 e. The fourth-order valence-electron chi connectivity index (χ4n) is 10.6. The van der Waals surface area contributed by atoms with Crippen molar-refractivity contribution < 1.29 is 32.9 Å². The quantitative estimate of drug-likeness (QED) is 0.0272. The highest BCUT2D eigenvalue weighted by Crippen LogP contribution is 2.38. The van der Waals surface area contributed by atoms with Gasteiger partial charge >= 0.3 is 0 Å². The number of nitrogens with zero attached hydrogens (tertiary/aromatic N) is 1. The van der Waals surface area contributed by atoms with Crippen LogP contribution in [0.4, 0.5) is 0 Å². The second-order valence-electron chi connectivity index (χ2n) is 24.9. The molecule has 0 rings (SSSR count). The van der Waals surface area contributed by atoms with Crippen LogP contribution < -0.4 is 10.2 Å². The van der Waals surface area contributed by atoms with E-state index in [1.54, 1.807) is 6.08 Å². The Morgan fingerprint density at radius 3 is 1.05 bits per heavy atom. The molecule has 0 spiro atoms. The SMILES string of the molecule is CCCCCCCCCCCCCCCCCC/C=C/CC/C=C/C(O)C(COP(=O)([O-])OCC[N+](C)(C)C)NC(=O)CCCCCCCCCCCCCCCCCCCCCCCCCCCCCCCCCCC. The number of aliphatic hydroxyl groups is 1. The number of phosphoric ester groups is 1. The number of amides is 1. The van der Waals surface area contributed by atoms with Crippen LogP contribution in [-0.2, 0) is 18.4 Å². The standard InChI is InChI=1S/C68H135N2O6P/c1-6-8-10-12-14-16-18-20-22-24-26-28-30-31-32-33-34-35-36-37-38-39-40-42-44-46-48-50-52-54-56-58-60-62-68(72)69-66(65-76-77(73,74)75-64-63-70(3,4)5)67(71)61-59-57-55-53-51-49-47-45-43-41-29-27-25-23-21-19-17-15-13-11-9-7-2/h51,53,59,61,66-67,71H,6-50,52,54-58,60,62-65H2,1-5H3,(H-,69,72,73,74)/b53-51+,61-59+. The summed E-state index contributed by atoms with van der Waals surface area (Å²) in [5.41, 5.74) is 0. The summed E-state index contributed by atoms with van der Waals surface area (Å²) in [5.74, 6) is -0.199. The summed E-state index contributed by atoms with van der Waals surface area (Å²) in [6.45, 7) is 4.69. The molecule has 1 amide bonds. The minimum Gasteiger partial charge on any atom is -0.756 e. The number of allylic oxidation sites excluding steroid dienone is 3. The van der Waals surface area contributed by atoms with Crippen molar-refractivity contribution in [1.82, 2.24) is 5.32 Å². The van der Waals surface area contributed by atoms with Gasteiger partial charge in [0, 0.05) is 6.42 Å². The van der Waals surface area contributed by atoms with E-state index in [2.05, 4.69) is 31.3 Å². The zero-order chi connectivity index (χ0) is 56.3. The Labute approximate surface area is 481 Å². The number of carbonyl (C=O) groups is 1. The van der Waals surface area contributed by atoms with Crippen molar-refractivity contribution >= 4 is 13.7 Å². The van der Waals surface area contributed by atoms with Crippen LogP contribution in [0.1, 0.15) is 354 Å². The molecule has 0 aliphatic rings. The molecule has 0 saturated carbocycles. The molecular formula is C68H135N2O6P. The van der Waals surface area contributed by atoms with E-state index < -0.39 is 20.0 Å². The highest BCUT2D eigenvalue weighted by Gasteiger charge is 2.23. The van der Waals surface area contributed by atoms with Crippen molar-refractivity contribution in [2.24, 2.45) is 0 Å². The Bertz CT molecular complexity index is 1300. The van der Waals surface area contributed by atoms with Crippen LogP contribution in [0.5, 0.6) is 0 Å². The van der Waals surface area contributed by atoms with Gasteiger partial charge in [-0.3, -0.25) is 9.36 Å². The molecule has 0 fully saturated rings. The van der Waals surface area contributed by atoms with Gasteiger partial charge in [0.25, 0.3) is 7.82 Å². The van der Waals surface area contributed by atoms with Crippen molar-refractivity contribution in [3.63, 3.8) is 0 Å². The van der Waals surface area contributed by atoms with Crippen LogP contribution in [0.25, 0.3) is 0 Å². The smallest absolute Gasteiger partial charge is 0.268 e. The van der Waals surface area contributed by atoms with Gasteiger partial charge in [0.15, 0.2) is 0 Å². The summed E-state index contributed by atoms with van der Waals surface area (Å²) in [4.78, 5) is 25.6. The molecule has 0 aliphatic heterocycles. The third kappa shape index (κ3) is 62.4. The molecule has 0 aromatic heterocycles. The molecule has 0 radical (unpaired) electrons. The number of unbranched alkanes of at least 4 members (excludes halogenated alkanes) is 49. The van der Waals surface area contributed by atoms with Gasteiger partial charge in [0.05, 0.1) is 39.9 Å². The highest BCUT2D eigenvalue weighted by atomic mass is 31.2. The number of aliphatic hydroxyl groups excluding tert-OH is 1. The minimum absolute atomic E-state index is 0.00349. The number of nitrogens with one attached hydrogen (secondary N) is 1. The molecule has 0 aromatic rings. The maximum atomic E-state index is 13.0. The topological polar surface area (TPSA) is 108 Å². The zero-order valence-corrected chi connectivity index (χ0v) is 53.3. The third-order valence-corrected chi connectivity index (χ3v) is 16.9. The third-order valence-electron chi connectivity index (χ3n) is 15.9. The van der Waals surface area contributed by atoms with E-state index in [-0.39, 0.29) is 19.1 Å². The van der Waals surface area contributed by atoms with Gasteiger partial charge in [-0.05, 0) is 32.1 Å². The van der Waals surface area contributed by atoms with Gasteiger partial charge in [0.2, 0.25) is 5.91 Å². The highest BCUT2D eigenvalue weighted by molar-refractivity contribution is 7.45. The summed E-state index contributed by atoms with van der Waals surface area (Å²) in [5, 5.41) is 13.9. The molecule has 3 unspecified atom stereocenters. The first-order valence-corrected chi connectivity index (χ1v) is 35.7. The fraction of sp³-hybridized carbons (Fsp3) is 0.926. The van der Waals surface area contributed by atoms with E-state index in [9.17, 15) is 19.4 Å². The molecule has 0 aromatic carbocycles. The molecule has 0 saturated heterocycles. The molecule has 458 valence electrons. The summed E-state index contributed by atoms with van der Waals surface area (Å²) >= 11 is 0. The lowest BCUT2D eigenvalue weighted by Crippen LogP contribution is -2.45. The van der Waals surface area contributed by atoms with Crippen LogP contribution >= 0.6 is 7.82 Å². The lowest BCUT2D eigenvalue weighted by molar-refractivity contribution is -0.870. The van der Waals surface area contributed by atoms with Crippen molar-refractivity contribution in [1.29, 1.82) is 0 Å². The maximum absolute atomic E-state index is 13.0. The van der Waals surface area contributed by atoms with Gasteiger partial charge < -0.3 is 28.8 Å². The Morgan fingerprint density at radius 1 is 0.442 bits per heavy atom. The lowest BCUT2D eigenvalue weighted by Gasteiger charge is -2.29. The lowest BCUT2D eigenvalue weighted by atomic mass is 10.0. The second kappa shape index (κ2) is 59.6. The average molecular weight is 1110 g/mol. The van der Waals surface area contributed by atoms with E-state index in [0.717, 1.165) is 38.5 Å². The van der Waals surface area contributed by atoms with E-state index in [1.165, 1.54) is 295 Å². The molecule has 3 atom stereocenters. The van der Waals surface area contributed by atoms with Gasteiger partial charge in [0.1, 0.15) is 13.2 Å². The van der Waals surface area contributed by atoms with Crippen LogP contribution in [0.3, 0.4) is 0 Å². The van der Waals surface area contributed by atoms with E-state index in [0.29, 0.717) is 17.4 Å². The molecule has 8 nitrogen and oxygen atoms in total. The fourth-order valence-corrected chi connectivity index (χ4v) is 11.3. The summed E-state index contributed by atoms with van der Waals surface area (Å²) in [6, 6.07) is -0.901. The number of hydrogen-bond acceptors (Lipinski definition) is 6. The van der Waals surface area contributed by atoms with Crippen LogP contribution in [0.2, 0.25) is 0 Å².